The fourth-order valence-electron chi connectivity index (χ4n) is 1.05. The monoisotopic (exact) mass is 156 g/mol. The summed E-state index contributed by atoms with van der Waals surface area (Å²) in [5.74, 6) is 0. The molecular weight excluding hydrogens is 136 g/mol. The Morgan fingerprint density at radius 3 is 2.45 bits per heavy atom. The smallest absolute Gasteiger partial charge is 0.0757 e. The summed E-state index contributed by atoms with van der Waals surface area (Å²) in [7, 11) is 0. The summed E-state index contributed by atoms with van der Waals surface area (Å²) in [4.78, 5) is 0. The van der Waals surface area contributed by atoms with E-state index in [0.717, 1.165) is 12.8 Å². The van der Waals surface area contributed by atoms with Crippen LogP contribution >= 0.6 is 0 Å². The molecule has 1 aliphatic heterocycles. The Morgan fingerprint density at radius 1 is 1.45 bits per heavy atom. The molecule has 1 heterocycles. The summed E-state index contributed by atoms with van der Waals surface area (Å²) in [5, 5.41) is 0. The molecule has 0 aliphatic carbocycles. The quantitative estimate of drug-likeness (QED) is 0.530. The van der Waals surface area contributed by atoms with Crippen LogP contribution in [0.15, 0.2) is 12.2 Å². The predicted octanol–water partition coefficient (Wildman–Crippen LogP) is 3.16. The highest BCUT2D eigenvalue weighted by molar-refractivity contribution is 4.94. The summed E-state index contributed by atoms with van der Waals surface area (Å²) in [6.45, 7) is 8.26. The van der Waals surface area contributed by atoms with Gasteiger partial charge in [-0.05, 0) is 19.8 Å². The lowest BCUT2D eigenvalue weighted by molar-refractivity contribution is 0.0159. The average molecular weight is 156 g/mol. The highest BCUT2D eigenvalue weighted by Gasteiger charge is 2.10. The summed E-state index contributed by atoms with van der Waals surface area (Å²) in [6.07, 6.45) is 7.35. The van der Waals surface area contributed by atoms with E-state index in [9.17, 15) is 0 Å². The van der Waals surface area contributed by atoms with E-state index in [1.54, 1.807) is 0 Å². The topological polar surface area (TPSA) is 9.23 Å². The molecule has 1 heteroatoms. The maximum atomic E-state index is 5.55. The lowest BCUT2D eigenvalue weighted by Crippen LogP contribution is -2.20. The molecule has 0 radical (unpaired) electrons. The second kappa shape index (κ2) is 6.41. The SMILES string of the molecule is CC.CC[C@@H]1C=CC[C@@H](C)O1. The van der Waals surface area contributed by atoms with Crippen LogP contribution in [0.1, 0.15) is 40.5 Å². The largest absolute Gasteiger partial charge is 0.371 e. The van der Waals surface area contributed by atoms with E-state index in [1.165, 1.54) is 0 Å². The van der Waals surface area contributed by atoms with Gasteiger partial charge in [0.05, 0.1) is 12.2 Å². The molecule has 0 aromatic carbocycles. The van der Waals surface area contributed by atoms with Gasteiger partial charge in [-0.2, -0.15) is 0 Å². The van der Waals surface area contributed by atoms with Gasteiger partial charge in [-0.25, -0.2) is 0 Å². The van der Waals surface area contributed by atoms with Crippen molar-refractivity contribution >= 4 is 0 Å². The molecule has 11 heavy (non-hydrogen) atoms. The zero-order valence-electron chi connectivity index (χ0n) is 8.13. The van der Waals surface area contributed by atoms with Gasteiger partial charge in [0.1, 0.15) is 0 Å². The normalized spacial score (nSPS) is 29.1. The minimum atomic E-state index is 0.383. The first kappa shape index (κ1) is 10.7. The van der Waals surface area contributed by atoms with Crippen molar-refractivity contribution in [2.24, 2.45) is 0 Å². The second-order valence-electron chi connectivity index (χ2n) is 2.56. The van der Waals surface area contributed by atoms with Crippen LogP contribution in [-0.2, 0) is 4.74 Å². The van der Waals surface area contributed by atoms with Crippen molar-refractivity contribution < 1.29 is 4.74 Å². The Morgan fingerprint density at radius 2 is 2.09 bits per heavy atom. The molecule has 0 unspecified atom stereocenters. The Balaban J connectivity index is 0.000000461. The van der Waals surface area contributed by atoms with Gasteiger partial charge in [0.2, 0.25) is 0 Å². The molecule has 0 spiro atoms. The van der Waals surface area contributed by atoms with Crippen LogP contribution in [0.4, 0.5) is 0 Å². The molecule has 0 aromatic heterocycles. The Labute approximate surface area is 70.4 Å². The third-order valence-corrected chi connectivity index (χ3v) is 1.63. The van der Waals surface area contributed by atoms with Gasteiger partial charge < -0.3 is 4.74 Å². The number of rotatable bonds is 1. The highest BCUT2D eigenvalue weighted by atomic mass is 16.5. The van der Waals surface area contributed by atoms with Crippen LogP contribution in [-0.4, -0.2) is 12.2 Å². The maximum absolute atomic E-state index is 5.55. The molecule has 0 saturated heterocycles. The summed E-state index contributed by atoms with van der Waals surface area (Å²) in [6, 6.07) is 0. The van der Waals surface area contributed by atoms with E-state index in [2.05, 4.69) is 26.0 Å². The van der Waals surface area contributed by atoms with Crippen molar-refractivity contribution in [2.45, 2.75) is 52.7 Å². The summed E-state index contributed by atoms with van der Waals surface area (Å²) in [5.41, 5.74) is 0. The van der Waals surface area contributed by atoms with E-state index in [0.29, 0.717) is 12.2 Å². The molecular formula is C10H20O. The van der Waals surface area contributed by atoms with Gasteiger partial charge in [-0.1, -0.05) is 32.9 Å². The number of ether oxygens (including phenoxy) is 1. The number of hydrogen-bond acceptors (Lipinski definition) is 1. The molecule has 0 bridgehead atoms. The van der Waals surface area contributed by atoms with Gasteiger partial charge in [0.25, 0.3) is 0 Å². The van der Waals surface area contributed by atoms with Crippen LogP contribution in [0.25, 0.3) is 0 Å². The van der Waals surface area contributed by atoms with Crippen LogP contribution in [0.3, 0.4) is 0 Å². The van der Waals surface area contributed by atoms with E-state index >= 15 is 0 Å². The van der Waals surface area contributed by atoms with E-state index in [1.807, 2.05) is 13.8 Å². The summed E-state index contributed by atoms with van der Waals surface area (Å²) >= 11 is 0. The molecule has 0 aromatic rings. The van der Waals surface area contributed by atoms with Crippen molar-refractivity contribution in [1.29, 1.82) is 0 Å². The Bertz CT molecular complexity index is 107. The van der Waals surface area contributed by atoms with Gasteiger partial charge >= 0.3 is 0 Å². The van der Waals surface area contributed by atoms with Gasteiger partial charge in [0, 0.05) is 0 Å². The van der Waals surface area contributed by atoms with Crippen LogP contribution < -0.4 is 0 Å². The number of hydrogen-bond donors (Lipinski definition) is 0. The highest BCUT2D eigenvalue weighted by Crippen LogP contribution is 2.13. The maximum Gasteiger partial charge on any atom is 0.0757 e. The fourth-order valence-corrected chi connectivity index (χ4v) is 1.05. The summed E-state index contributed by atoms with van der Waals surface area (Å²) < 4.78 is 5.55. The van der Waals surface area contributed by atoms with Crippen LogP contribution in [0.2, 0.25) is 0 Å². The third-order valence-electron chi connectivity index (χ3n) is 1.63. The minimum absolute atomic E-state index is 0.383. The first-order valence-electron chi connectivity index (χ1n) is 4.65. The van der Waals surface area contributed by atoms with Crippen molar-refractivity contribution in [3.8, 4) is 0 Å². The molecule has 0 N–H and O–H groups in total. The first-order chi connectivity index (χ1) is 5.33. The minimum Gasteiger partial charge on any atom is -0.371 e. The van der Waals surface area contributed by atoms with Gasteiger partial charge in [-0.3, -0.25) is 0 Å². The molecule has 0 fully saturated rings. The third kappa shape index (κ3) is 4.20. The zero-order valence-corrected chi connectivity index (χ0v) is 8.13. The van der Waals surface area contributed by atoms with Gasteiger partial charge in [-0.15, -0.1) is 0 Å². The van der Waals surface area contributed by atoms with Crippen molar-refractivity contribution in [1.82, 2.24) is 0 Å². The Hall–Kier alpha value is -0.300. The van der Waals surface area contributed by atoms with Crippen molar-refractivity contribution in [3.63, 3.8) is 0 Å². The van der Waals surface area contributed by atoms with Crippen molar-refractivity contribution in [3.05, 3.63) is 12.2 Å². The molecule has 1 rings (SSSR count). The van der Waals surface area contributed by atoms with Crippen LogP contribution in [0.5, 0.6) is 0 Å². The molecule has 66 valence electrons. The molecule has 0 saturated carbocycles. The van der Waals surface area contributed by atoms with Crippen LogP contribution in [0, 0.1) is 0 Å². The molecule has 1 aliphatic rings. The standard InChI is InChI=1S/C8H14O.C2H6/c1-3-8-6-4-5-7(2)9-8;1-2/h4,6-8H,3,5H2,1-2H3;1-2H3/t7-,8-;/m1./s1. The van der Waals surface area contributed by atoms with E-state index < -0.39 is 0 Å². The first-order valence-corrected chi connectivity index (χ1v) is 4.65. The predicted molar refractivity (Wildman–Crippen MR) is 49.7 cm³/mol. The molecule has 1 nitrogen and oxygen atoms in total. The lowest BCUT2D eigenvalue weighted by Gasteiger charge is -2.21. The second-order valence-corrected chi connectivity index (χ2v) is 2.56. The molecule has 2 atom stereocenters. The average Bonchev–Trinajstić information content (AvgIpc) is 2.08. The zero-order chi connectivity index (χ0) is 8.69. The fraction of sp³-hybridized carbons (Fsp3) is 0.800. The lowest BCUT2D eigenvalue weighted by atomic mass is 10.1. The molecule has 0 amide bonds. The Kier molecular flexibility index (Phi) is 6.24. The van der Waals surface area contributed by atoms with Gasteiger partial charge in [0.15, 0.2) is 0 Å². The van der Waals surface area contributed by atoms with Crippen molar-refractivity contribution in [2.75, 3.05) is 0 Å². The van der Waals surface area contributed by atoms with E-state index in [4.69, 9.17) is 4.74 Å². The van der Waals surface area contributed by atoms with E-state index in [-0.39, 0.29) is 0 Å².